The van der Waals surface area contributed by atoms with E-state index >= 15 is 0 Å². The molecule has 0 saturated heterocycles. The second-order valence-electron chi connectivity index (χ2n) is 3.83. The Morgan fingerprint density at radius 2 is 2.24 bits per heavy atom. The van der Waals surface area contributed by atoms with Gasteiger partial charge >= 0.3 is 0 Å². The highest BCUT2D eigenvalue weighted by Gasteiger charge is 2.08. The van der Waals surface area contributed by atoms with Gasteiger partial charge in [-0.2, -0.15) is 0 Å². The first kappa shape index (κ1) is 12.1. The van der Waals surface area contributed by atoms with Crippen LogP contribution in [0.3, 0.4) is 0 Å². The molecule has 0 spiro atoms. The molecule has 4 heteroatoms. The van der Waals surface area contributed by atoms with E-state index in [2.05, 4.69) is 28.7 Å². The number of ether oxygens (including phenoxy) is 1. The second kappa shape index (κ2) is 5.80. The molecule has 0 aliphatic carbocycles. The van der Waals surface area contributed by atoms with Gasteiger partial charge < -0.3 is 10.1 Å². The highest BCUT2D eigenvalue weighted by molar-refractivity contribution is 7.07. The predicted octanol–water partition coefficient (Wildman–Crippen LogP) is 3.00. The lowest BCUT2D eigenvalue weighted by molar-refractivity contribution is 0.406. The van der Waals surface area contributed by atoms with Crippen molar-refractivity contribution >= 4 is 11.3 Å². The second-order valence-corrected chi connectivity index (χ2v) is 4.55. The van der Waals surface area contributed by atoms with Gasteiger partial charge in [0.25, 0.3) is 0 Å². The summed E-state index contributed by atoms with van der Waals surface area (Å²) in [6.45, 7) is 2.90. The predicted molar refractivity (Wildman–Crippen MR) is 70.4 cm³/mol. The van der Waals surface area contributed by atoms with Crippen molar-refractivity contribution in [2.75, 3.05) is 7.11 Å². The topological polar surface area (TPSA) is 34.1 Å². The molecule has 0 aliphatic rings. The highest BCUT2D eigenvalue weighted by atomic mass is 32.1. The van der Waals surface area contributed by atoms with Gasteiger partial charge in [0.15, 0.2) is 0 Å². The molecule has 1 unspecified atom stereocenters. The zero-order valence-electron chi connectivity index (χ0n) is 10.0. The molecule has 1 aromatic carbocycles. The van der Waals surface area contributed by atoms with E-state index < -0.39 is 0 Å². The van der Waals surface area contributed by atoms with Gasteiger partial charge in [-0.15, -0.1) is 11.3 Å². The van der Waals surface area contributed by atoms with Crippen LogP contribution in [0.2, 0.25) is 0 Å². The van der Waals surface area contributed by atoms with E-state index in [4.69, 9.17) is 4.74 Å². The van der Waals surface area contributed by atoms with Crippen LogP contribution in [0.5, 0.6) is 5.75 Å². The van der Waals surface area contributed by atoms with Crippen molar-refractivity contribution in [1.29, 1.82) is 0 Å². The number of nitrogens with one attached hydrogen (secondary N) is 1. The summed E-state index contributed by atoms with van der Waals surface area (Å²) in [5.41, 5.74) is 4.11. The third kappa shape index (κ3) is 3.05. The Hall–Kier alpha value is -1.39. The third-order valence-electron chi connectivity index (χ3n) is 2.69. The Kier molecular flexibility index (Phi) is 4.12. The first-order valence-corrected chi connectivity index (χ1v) is 6.49. The van der Waals surface area contributed by atoms with Gasteiger partial charge in [-0.05, 0) is 13.0 Å². The quantitative estimate of drug-likeness (QED) is 0.883. The van der Waals surface area contributed by atoms with E-state index in [9.17, 15) is 0 Å². The smallest absolute Gasteiger partial charge is 0.123 e. The summed E-state index contributed by atoms with van der Waals surface area (Å²) >= 11 is 1.62. The lowest BCUT2D eigenvalue weighted by Gasteiger charge is -2.13. The van der Waals surface area contributed by atoms with Crippen molar-refractivity contribution in [3.05, 3.63) is 46.4 Å². The van der Waals surface area contributed by atoms with Crippen molar-refractivity contribution in [2.45, 2.75) is 19.5 Å². The molecule has 1 atom stereocenters. The summed E-state index contributed by atoms with van der Waals surface area (Å²) in [7, 11) is 1.70. The zero-order chi connectivity index (χ0) is 12.1. The molecule has 1 heterocycles. The van der Waals surface area contributed by atoms with Gasteiger partial charge in [-0.3, -0.25) is 0 Å². The molecule has 3 nitrogen and oxygen atoms in total. The summed E-state index contributed by atoms with van der Waals surface area (Å²) in [5.74, 6) is 0.922. The molecule has 0 bridgehead atoms. The molecule has 0 saturated carbocycles. The lowest BCUT2D eigenvalue weighted by atomic mass is 10.2. The fourth-order valence-corrected chi connectivity index (χ4v) is 2.30. The van der Waals surface area contributed by atoms with E-state index in [-0.39, 0.29) is 6.04 Å². The maximum absolute atomic E-state index is 5.31. The molecule has 1 N–H and O–H groups in total. The van der Waals surface area contributed by atoms with Crippen LogP contribution < -0.4 is 10.1 Å². The van der Waals surface area contributed by atoms with Crippen molar-refractivity contribution in [2.24, 2.45) is 0 Å². The standard InChI is InChI=1S/C13H16N2OS/c1-10(12-8-17-9-15-12)14-7-11-5-3-4-6-13(11)16-2/h3-6,8-10,14H,7H2,1-2H3. The van der Waals surface area contributed by atoms with Crippen LogP contribution in [-0.4, -0.2) is 12.1 Å². The monoisotopic (exact) mass is 248 g/mol. The number of rotatable bonds is 5. The highest BCUT2D eigenvalue weighted by Crippen LogP contribution is 2.19. The number of methoxy groups -OCH3 is 1. The van der Waals surface area contributed by atoms with Gasteiger partial charge in [0.05, 0.1) is 18.3 Å². The van der Waals surface area contributed by atoms with Crippen LogP contribution in [0.15, 0.2) is 35.2 Å². The summed E-state index contributed by atoms with van der Waals surface area (Å²) in [5, 5.41) is 5.51. The first-order chi connectivity index (χ1) is 8.31. The van der Waals surface area contributed by atoms with E-state index in [1.54, 1.807) is 18.4 Å². The molecular weight excluding hydrogens is 232 g/mol. The largest absolute Gasteiger partial charge is 0.496 e. The summed E-state index contributed by atoms with van der Waals surface area (Å²) in [4.78, 5) is 4.30. The molecule has 2 aromatic rings. The van der Waals surface area contributed by atoms with Crippen LogP contribution in [0.25, 0.3) is 0 Å². The van der Waals surface area contributed by atoms with Crippen LogP contribution in [0.4, 0.5) is 0 Å². The van der Waals surface area contributed by atoms with E-state index in [1.807, 2.05) is 23.7 Å². The van der Waals surface area contributed by atoms with Crippen LogP contribution in [0.1, 0.15) is 24.2 Å². The van der Waals surface area contributed by atoms with Crippen molar-refractivity contribution in [3.63, 3.8) is 0 Å². The average Bonchev–Trinajstić information content (AvgIpc) is 2.90. The molecular formula is C13H16N2OS. The normalized spacial score (nSPS) is 12.4. The van der Waals surface area contributed by atoms with Crippen molar-refractivity contribution in [1.82, 2.24) is 10.3 Å². The number of thiazole rings is 1. The van der Waals surface area contributed by atoms with E-state index in [0.29, 0.717) is 0 Å². The Balaban J connectivity index is 1.98. The van der Waals surface area contributed by atoms with Crippen LogP contribution in [-0.2, 0) is 6.54 Å². The molecule has 17 heavy (non-hydrogen) atoms. The Labute approximate surface area is 105 Å². The molecule has 90 valence electrons. The summed E-state index contributed by atoms with van der Waals surface area (Å²) in [6.07, 6.45) is 0. The van der Waals surface area contributed by atoms with Gasteiger partial charge in [-0.1, -0.05) is 18.2 Å². The minimum atomic E-state index is 0.256. The fourth-order valence-electron chi connectivity index (χ4n) is 1.65. The molecule has 0 aliphatic heterocycles. The maximum atomic E-state index is 5.31. The molecule has 1 aromatic heterocycles. The number of hydrogen-bond acceptors (Lipinski definition) is 4. The number of hydrogen-bond donors (Lipinski definition) is 1. The number of nitrogens with zero attached hydrogens (tertiary/aromatic N) is 1. The maximum Gasteiger partial charge on any atom is 0.123 e. The van der Waals surface area contributed by atoms with Crippen LogP contribution >= 0.6 is 11.3 Å². The summed E-state index contributed by atoms with van der Waals surface area (Å²) in [6, 6.07) is 8.30. The molecule has 0 fully saturated rings. The SMILES string of the molecule is COc1ccccc1CNC(C)c1cscn1. The molecule has 0 amide bonds. The van der Waals surface area contributed by atoms with Gasteiger partial charge in [0.2, 0.25) is 0 Å². The molecule has 2 rings (SSSR count). The van der Waals surface area contributed by atoms with Crippen molar-refractivity contribution < 1.29 is 4.74 Å². The fraction of sp³-hybridized carbons (Fsp3) is 0.308. The lowest BCUT2D eigenvalue weighted by Crippen LogP contribution is -2.18. The van der Waals surface area contributed by atoms with Crippen LogP contribution in [0, 0.1) is 0 Å². The number of aromatic nitrogens is 1. The molecule has 0 radical (unpaired) electrons. The van der Waals surface area contributed by atoms with Crippen molar-refractivity contribution in [3.8, 4) is 5.75 Å². The van der Waals surface area contributed by atoms with E-state index in [1.165, 1.54) is 0 Å². The first-order valence-electron chi connectivity index (χ1n) is 5.54. The minimum Gasteiger partial charge on any atom is -0.496 e. The Morgan fingerprint density at radius 3 is 2.94 bits per heavy atom. The van der Waals surface area contributed by atoms with E-state index in [0.717, 1.165) is 23.6 Å². The Bertz CT molecular complexity index is 456. The average molecular weight is 248 g/mol. The minimum absolute atomic E-state index is 0.256. The zero-order valence-corrected chi connectivity index (χ0v) is 10.8. The third-order valence-corrected chi connectivity index (χ3v) is 3.29. The number of para-hydroxylation sites is 1. The van der Waals surface area contributed by atoms with Gasteiger partial charge in [0.1, 0.15) is 5.75 Å². The summed E-state index contributed by atoms with van der Waals surface area (Å²) < 4.78 is 5.31. The Morgan fingerprint density at radius 1 is 1.41 bits per heavy atom. The van der Waals surface area contributed by atoms with Gasteiger partial charge in [-0.25, -0.2) is 4.98 Å². The number of benzene rings is 1. The van der Waals surface area contributed by atoms with Gasteiger partial charge in [0, 0.05) is 23.5 Å².